The van der Waals surface area contributed by atoms with Gasteiger partial charge in [-0.05, 0) is 61.7 Å². The molecule has 2 rings (SSSR count). The van der Waals surface area contributed by atoms with Gasteiger partial charge in [-0.2, -0.15) is 0 Å². The van der Waals surface area contributed by atoms with Gasteiger partial charge in [0.1, 0.15) is 0 Å². The second-order valence-corrected chi connectivity index (χ2v) is 8.26. The number of carbonyl (C=O) groups is 3. The summed E-state index contributed by atoms with van der Waals surface area (Å²) in [4.78, 5) is 36.1. The van der Waals surface area contributed by atoms with E-state index in [1.165, 1.54) is 5.56 Å². The van der Waals surface area contributed by atoms with Crippen molar-refractivity contribution in [3.05, 3.63) is 65.7 Å². The van der Waals surface area contributed by atoms with Crippen molar-refractivity contribution in [2.24, 2.45) is 0 Å². The van der Waals surface area contributed by atoms with Gasteiger partial charge in [-0.3, -0.25) is 14.4 Å². The Bertz CT molecular complexity index is 950. The Labute approximate surface area is 206 Å². The number of hydrogen-bond acceptors (Lipinski definition) is 5. The zero-order valence-corrected chi connectivity index (χ0v) is 20.4. The summed E-state index contributed by atoms with van der Waals surface area (Å²) in [5.41, 5.74) is 2.33. The third-order valence-corrected chi connectivity index (χ3v) is 5.16. The van der Waals surface area contributed by atoms with Crippen LogP contribution in [0.2, 0.25) is 0 Å². The minimum atomic E-state index is -0.310. The van der Waals surface area contributed by atoms with E-state index in [1.54, 1.807) is 24.3 Å². The van der Waals surface area contributed by atoms with Crippen molar-refractivity contribution in [1.82, 2.24) is 10.6 Å². The number of thiocarbonyl (C=S) groups is 1. The molecule has 8 heteroatoms. The second kappa shape index (κ2) is 15.6. The number of nitrogens with one attached hydrogen (secondary N) is 3. The summed E-state index contributed by atoms with van der Waals surface area (Å²) in [7, 11) is 0. The zero-order valence-electron chi connectivity index (χ0n) is 19.6. The third-order valence-electron chi connectivity index (χ3n) is 4.95. The highest BCUT2D eigenvalue weighted by molar-refractivity contribution is 7.80. The van der Waals surface area contributed by atoms with Gasteiger partial charge in [0, 0.05) is 30.6 Å². The normalized spacial score (nSPS) is 10.3. The molecule has 0 unspecified atom stereocenters. The number of unbranched alkanes of at least 4 members (excludes halogenated alkanes) is 1. The van der Waals surface area contributed by atoms with Gasteiger partial charge < -0.3 is 20.7 Å². The van der Waals surface area contributed by atoms with Crippen molar-refractivity contribution < 1.29 is 19.1 Å². The Morgan fingerprint density at radius 1 is 0.941 bits per heavy atom. The van der Waals surface area contributed by atoms with E-state index in [0.717, 1.165) is 25.7 Å². The van der Waals surface area contributed by atoms with Crippen molar-refractivity contribution >= 4 is 40.8 Å². The lowest BCUT2D eigenvalue weighted by Gasteiger charge is -2.11. The average Bonchev–Trinajstić information content (AvgIpc) is 2.82. The number of benzene rings is 2. The molecule has 3 N–H and O–H groups in total. The maximum absolute atomic E-state index is 12.2. The minimum absolute atomic E-state index is 0.136. The van der Waals surface area contributed by atoms with E-state index >= 15 is 0 Å². The highest BCUT2D eigenvalue weighted by atomic mass is 32.1. The number of rotatable bonds is 13. The molecule has 0 fully saturated rings. The van der Waals surface area contributed by atoms with E-state index in [0.29, 0.717) is 30.8 Å². The molecule has 0 radical (unpaired) electrons. The molecule has 7 nitrogen and oxygen atoms in total. The predicted octanol–water partition coefficient (Wildman–Crippen LogP) is 4.38. The van der Waals surface area contributed by atoms with Gasteiger partial charge >= 0.3 is 5.97 Å². The summed E-state index contributed by atoms with van der Waals surface area (Å²) in [5.74, 6) is -0.752. The number of esters is 1. The SMILES string of the molecule is CCCCNC(=O)c1cccc(NC(=S)NC(=O)CCCC(=O)OCCCc2ccccc2)c1. The van der Waals surface area contributed by atoms with Crippen molar-refractivity contribution in [2.75, 3.05) is 18.5 Å². The fraction of sp³-hybridized carbons (Fsp3) is 0.385. The van der Waals surface area contributed by atoms with Crippen LogP contribution in [0, 0.1) is 0 Å². The average molecular weight is 484 g/mol. The van der Waals surface area contributed by atoms with E-state index < -0.39 is 0 Å². The summed E-state index contributed by atoms with van der Waals surface area (Å²) in [6.07, 6.45) is 4.25. The molecule has 0 heterocycles. The summed E-state index contributed by atoms with van der Waals surface area (Å²) >= 11 is 5.18. The number of amides is 2. The summed E-state index contributed by atoms with van der Waals surface area (Å²) in [6.45, 7) is 3.05. The molecule has 0 spiro atoms. The first-order valence-corrected chi connectivity index (χ1v) is 12.1. The summed E-state index contributed by atoms with van der Waals surface area (Å²) < 4.78 is 5.23. The van der Waals surface area contributed by atoms with Crippen LogP contribution in [0.5, 0.6) is 0 Å². The van der Waals surface area contributed by atoms with E-state index in [2.05, 4.69) is 22.9 Å². The lowest BCUT2D eigenvalue weighted by Crippen LogP contribution is -2.34. The van der Waals surface area contributed by atoms with Crippen LogP contribution < -0.4 is 16.0 Å². The van der Waals surface area contributed by atoms with Crippen LogP contribution in [-0.4, -0.2) is 36.0 Å². The van der Waals surface area contributed by atoms with Gasteiger partial charge in [0.15, 0.2) is 5.11 Å². The van der Waals surface area contributed by atoms with Crippen LogP contribution in [0.4, 0.5) is 5.69 Å². The molecule has 0 aromatic heterocycles. The van der Waals surface area contributed by atoms with Crippen LogP contribution >= 0.6 is 12.2 Å². The Balaban J connectivity index is 1.61. The van der Waals surface area contributed by atoms with E-state index in [1.807, 2.05) is 30.3 Å². The number of anilines is 1. The highest BCUT2D eigenvalue weighted by Gasteiger charge is 2.10. The maximum atomic E-state index is 12.2. The first kappa shape index (κ1) is 27.0. The van der Waals surface area contributed by atoms with E-state index in [4.69, 9.17) is 17.0 Å². The maximum Gasteiger partial charge on any atom is 0.305 e. The largest absolute Gasteiger partial charge is 0.466 e. The molecular weight excluding hydrogens is 450 g/mol. The molecule has 0 atom stereocenters. The molecule has 0 saturated heterocycles. The first-order chi connectivity index (χ1) is 16.5. The molecule has 2 amide bonds. The molecule has 0 bridgehead atoms. The Kier molecular flexibility index (Phi) is 12.3. The highest BCUT2D eigenvalue weighted by Crippen LogP contribution is 2.11. The summed E-state index contributed by atoms with van der Waals surface area (Å²) in [6, 6.07) is 16.9. The van der Waals surface area contributed by atoms with E-state index in [9.17, 15) is 14.4 Å². The zero-order chi connectivity index (χ0) is 24.6. The first-order valence-electron chi connectivity index (χ1n) is 11.7. The Morgan fingerprint density at radius 3 is 2.50 bits per heavy atom. The van der Waals surface area contributed by atoms with Gasteiger partial charge in [-0.25, -0.2) is 0 Å². The third kappa shape index (κ3) is 11.0. The lowest BCUT2D eigenvalue weighted by molar-refractivity contribution is -0.143. The van der Waals surface area contributed by atoms with Gasteiger partial charge in [-0.15, -0.1) is 0 Å². The van der Waals surface area contributed by atoms with Crippen LogP contribution in [0.15, 0.2) is 54.6 Å². The van der Waals surface area contributed by atoms with Crippen molar-refractivity contribution in [2.45, 2.75) is 51.9 Å². The number of hydrogen-bond donors (Lipinski definition) is 3. The van der Waals surface area contributed by atoms with Gasteiger partial charge in [0.2, 0.25) is 5.91 Å². The lowest BCUT2D eigenvalue weighted by atomic mass is 10.1. The molecule has 34 heavy (non-hydrogen) atoms. The van der Waals surface area contributed by atoms with E-state index in [-0.39, 0.29) is 35.7 Å². The molecule has 0 aliphatic rings. The van der Waals surface area contributed by atoms with Crippen molar-refractivity contribution in [1.29, 1.82) is 0 Å². The van der Waals surface area contributed by atoms with Crippen LogP contribution in [0.3, 0.4) is 0 Å². The minimum Gasteiger partial charge on any atom is -0.466 e. The Morgan fingerprint density at radius 2 is 1.74 bits per heavy atom. The summed E-state index contributed by atoms with van der Waals surface area (Å²) in [5, 5.41) is 8.50. The molecule has 0 saturated carbocycles. The van der Waals surface area contributed by atoms with Gasteiger partial charge in [0.25, 0.3) is 5.91 Å². The molecule has 0 aliphatic heterocycles. The predicted molar refractivity (Wildman–Crippen MR) is 138 cm³/mol. The molecular formula is C26H33N3O4S. The van der Waals surface area contributed by atoms with Gasteiger partial charge in [0.05, 0.1) is 6.61 Å². The Hall–Kier alpha value is -3.26. The monoisotopic (exact) mass is 483 g/mol. The number of aryl methyl sites for hydroxylation is 1. The second-order valence-electron chi connectivity index (χ2n) is 7.86. The van der Waals surface area contributed by atoms with Crippen LogP contribution in [-0.2, 0) is 20.7 Å². The quantitative estimate of drug-likeness (QED) is 0.222. The molecule has 2 aromatic carbocycles. The van der Waals surface area contributed by atoms with Gasteiger partial charge in [-0.1, -0.05) is 49.7 Å². The number of carbonyl (C=O) groups excluding carboxylic acids is 3. The van der Waals surface area contributed by atoms with Crippen LogP contribution in [0.1, 0.15) is 61.4 Å². The number of ether oxygens (including phenoxy) is 1. The smallest absolute Gasteiger partial charge is 0.305 e. The van der Waals surface area contributed by atoms with Crippen molar-refractivity contribution in [3.63, 3.8) is 0 Å². The van der Waals surface area contributed by atoms with Crippen molar-refractivity contribution in [3.8, 4) is 0 Å². The fourth-order valence-corrected chi connectivity index (χ4v) is 3.37. The standard InChI is InChI=1S/C26H33N3O4S/c1-2-3-17-27-25(32)21-13-7-14-22(19-21)28-26(34)29-23(30)15-8-16-24(31)33-18-9-12-20-10-5-4-6-11-20/h4-7,10-11,13-14,19H,2-3,8-9,12,15-18H2,1H3,(H,27,32)(H2,28,29,30,34). The fourth-order valence-electron chi connectivity index (χ4n) is 3.14. The van der Waals surface area contributed by atoms with Crippen LogP contribution in [0.25, 0.3) is 0 Å². The molecule has 2 aromatic rings. The molecule has 182 valence electrons. The topological polar surface area (TPSA) is 96.5 Å². The molecule has 0 aliphatic carbocycles.